The van der Waals surface area contributed by atoms with Gasteiger partial charge in [-0.2, -0.15) is 0 Å². The zero-order chi connectivity index (χ0) is 24.5. The Morgan fingerprint density at radius 3 is 2.16 bits per heavy atom. The average Bonchev–Trinajstić information content (AvgIpc) is 3.42. The molecule has 3 aromatic carbocycles. The maximum absolute atomic E-state index is 5.05. The van der Waals surface area contributed by atoms with Gasteiger partial charge >= 0.3 is 0 Å². The molecule has 0 N–H and O–H groups in total. The van der Waals surface area contributed by atoms with E-state index in [-0.39, 0.29) is 17.0 Å². The third-order valence-electron chi connectivity index (χ3n) is 6.39. The predicted octanol–water partition coefficient (Wildman–Crippen LogP) is 8.53. The van der Waals surface area contributed by atoms with Crippen LogP contribution in [-0.2, 0) is 13.0 Å². The highest BCUT2D eigenvalue weighted by atomic mass is 79.9. The molecule has 5 aromatic rings. The van der Waals surface area contributed by atoms with E-state index in [1.807, 2.05) is 0 Å². The molecular weight excluding hydrogens is 678 g/mol. The minimum absolute atomic E-state index is 0. The second kappa shape index (κ2) is 11.6. The molecule has 1 aliphatic rings. The number of hydrogen-bond acceptors (Lipinski definition) is 4. The summed E-state index contributed by atoms with van der Waals surface area (Å²) in [5.74, 6) is 2.06. The van der Waals surface area contributed by atoms with Gasteiger partial charge in [0, 0.05) is 38.5 Å². The molecule has 9 heteroatoms. The average molecular weight is 702 g/mol. The highest BCUT2D eigenvalue weighted by Gasteiger charge is 2.16. The van der Waals surface area contributed by atoms with Crippen LogP contribution >= 0.6 is 60.2 Å². The number of nitrogens with zero attached hydrogens (tertiary/aromatic N) is 5. The van der Waals surface area contributed by atoms with Gasteiger partial charge in [0.15, 0.2) is 10.6 Å². The van der Waals surface area contributed by atoms with Crippen LogP contribution in [0.3, 0.4) is 0 Å². The summed E-state index contributed by atoms with van der Waals surface area (Å²) in [7, 11) is 0. The first-order valence-electron chi connectivity index (χ1n) is 12.0. The Morgan fingerprint density at radius 1 is 0.757 bits per heavy atom. The van der Waals surface area contributed by atoms with Gasteiger partial charge in [0.2, 0.25) is 0 Å². The molecule has 0 aliphatic carbocycles. The number of benzene rings is 3. The first-order valence-corrected chi connectivity index (χ1v) is 14.4. The van der Waals surface area contributed by atoms with Gasteiger partial charge in [0.25, 0.3) is 0 Å². The number of thiazole rings is 1. The van der Waals surface area contributed by atoms with Gasteiger partial charge in [-0.3, -0.25) is 4.57 Å². The summed E-state index contributed by atoms with van der Waals surface area (Å²) < 4.78 is 6.61. The summed E-state index contributed by atoms with van der Waals surface area (Å²) in [5.41, 5.74) is 5.30. The van der Waals surface area contributed by atoms with E-state index < -0.39 is 0 Å². The lowest BCUT2D eigenvalue weighted by Gasteiger charge is -2.10. The van der Waals surface area contributed by atoms with Gasteiger partial charge in [0.05, 0.1) is 11.4 Å². The SMILES string of the molecule is Br.Brc1ccc(-c2csc(=Nc3ccc(-c4nnc5n4CCCCC5)cc3)n2-c2ccc(Br)cc2)cc1. The summed E-state index contributed by atoms with van der Waals surface area (Å²) in [6, 6.07) is 25.1. The second-order valence-electron chi connectivity index (χ2n) is 8.78. The summed E-state index contributed by atoms with van der Waals surface area (Å²) in [4.78, 5) is 5.96. The van der Waals surface area contributed by atoms with E-state index >= 15 is 0 Å². The third kappa shape index (κ3) is 5.60. The van der Waals surface area contributed by atoms with E-state index in [1.54, 1.807) is 11.3 Å². The molecule has 0 saturated heterocycles. The van der Waals surface area contributed by atoms with Gasteiger partial charge in [-0.25, -0.2) is 4.99 Å². The van der Waals surface area contributed by atoms with Crippen molar-refractivity contribution in [3.05, 3.63) is 97.7 Å². The van der Waals surface area contributed by atoms with Crippen LogP contribution in [0.25, 0.3) is 28.3 Å². The van der Waals surface area contributed by atoms with Crippen molar-refractivity contribution in [2.24, 2.45) is 4.99 Å². The fraction of sp³-hybridized carbons (Fsp3) is 0.179. The van der Waals surface area contributed by atoms with E-state index in [4.69, 9.17) is 4.99 Å². The number of fused-ring (bicyclic) bond motifs is 1. The first kappa shape index (κ1) is 26.3. The van der Waals surface area contributed by atoms with Crippen molar-refractivity contribution >= 4 is 65.9 Å². The van der Waals surface area contributed by atoms with Crippen LogP contribution < -0.4 is 4.80 Å². The lowest BCUT2D eigenvalue weighted by atomic mass is 10.1. The zero-order valence-electron chi connectivity index (χ0n) is 19.8. The largest absolute Gasteiger partial charge is 0.311 e. The molecule has 0 atom stereocenters. The summed E-state index contributed by atoms with van der Waals surface area (Å²) in [5, 5.41) is 11.1. The van der Waals surface area contributed by atoms with Crippen LogP contribution in [0.1, 0.15) is 25.1 Å². The summed E-state index contributed by atoms with van der Waals surface area (Å²) in [6.07, 6.45) is 4.63. The normalized spacial score (nSPS) is 13.6. The molecule has 188 valence electrons. The standard InChI is InChI=1S/C28H23Br2N5S.BrH/c29-21-9-5-19(6-10-21)25-18-36-28(35(25)24-15-11-22(30)12-16-24)31-23-13-7-20(8-14-23)27-33-32-26-4-2-1-3-17-34(26)27;/h5-16,18H,1-4,17H2;1H. The van der Waals surface area contributed by atoms with E-state index in [1.165, 1.54) is 19.3 Å². The van der Waals surface area contributed by atoms with Crippen LogP contribution in [0.2, 0.25) is 0 Å². The van der Waals surface area contributed by atoms with Gasteiger partial charge in [-0.1, -0.05) is 50.4 Å². The summed E-state index contributed by atoms with van der Waals surface area (Å²) >= 11 is 8.74. The topological polar surface area (TPSA) is 48.0 Å². The first-order chi connectivity index (χ1) is 17.7. The number of rotatable bonds is 4. The van der Waals surface area contributed by atoms with Crippen molar-refractivity contribution in [1.29, 1.82) is 0 Å². The van der Waals surface area contributed by atoms with E-state index in [0.29, 0.717) is 0 Å². The Kier molecular flexibility index (Phi) is 8.24. The monoisotopic (exact) mass is 699 g/mol. The van der Waals surface area contributed by atoms with Crippen LogP contribution in [0.4, 0.5) is 5.69 Å². The molecule has 0 bridgehead atoms. The van der Waals surface area contributed by atoms with Crippen molar-refractivity contribution < 1.29 is 0 Å². The van der Waals surface area contributed by atoms with Gasteiger partial charge in [-0.15, -0.1) is 38.5 Å². The molecule has 0 unspecified atom stereocenters. The smallest absolute Gasteiger partial charge is 0.195 e. The highest BCUT2D eigenvalue weighted by Crippen LogP contribution is 2.28. The Hall–Kier alpha value is -2.33. The molecule has 0 amide bonds. The van der Waals surface area contributed by atoms with Crippen LogP contribution in [0.15, 0.2) is 92.1 Å². The molecule has 0 saturated carbocycles. The minimum Gasteiger partial charge on any atom is -0.311 e. The molecule has 0 radical (unpaired) electrons. The van der Waals surface area contributed by atoms with Crippen molar-refractivity contribution in [1.82, 2.24) is 19.3 Å². The van der Waals surface area contributed by atoms with Gasteiger partial charge in [-0.05, 0) is 79.1 Å². The number of aryl methyl sites for hydroxylation is 1. The Morgan fingerprint density at radius 2 is 1.43 bits per heavy atom. The molecule has 37 heavy (non-hydrogen) atoms. The Balaban J connectivity index is 0.00000280. The fourth-order valence-corrected chi connectivity index (χ4v) is 6.00. The fourth-order valence-electron chi connectivity index (χ4n) is 4.54. The Labute approximate surface area is 247 Å². The molecule has 2 aromatic heterocycles. The van der Waals surface area contributed by atoms with Crippen LogP contribution in [-0.4, -0.2) is 19.3 Å². The van der Waals surface area contributed by atoms with Crippen LogP contribution in [0, 0.1) is 0 Å². The molecule has 3 heterocycles. The predicted molar refractivity (Wildman–Crippen MR) is 163 cm³/mol. The van der Waals surface area contributed by atoms with Crippen molar-refractivity contribution in [3.8, 4) is 28.3 Å². The number of hydrogen-bond donors (Lipinski definition) is 0. The molecule has 5 nitrogen and oxygen atoms in total. The Bertz CT molecular complexity index is 1570. The van der Waals surface area contributed by atoms with Crippen molar-refractivity contribution in [3.63, 3.8) is 0 Å². The molecule has 1 aliphatic heterocycles. The lowest BCUT2D eigenvalue weighted by molar-refractivity contribution is 0.636. The quantitative estimate of drug-likeness (QED) is 0.189. The van der Waals surface area contributed by atoms with E-state index in [2.05, 4.69) is 129 Å². The minimum atomic E-state index is 0. The van der Waals surface area contributed by atoms with Crippen molar-refractivity contribution in [2.75, 3.05) is 0 Å². The summed E-state index contributed by atoms with van der Waals surface area (Å²) in [6.45, 7) is 0.991. The lowest BCUT2D eigenvalue weighted by Crippen LogP contribution is -2.13. The van der Waals surface area contributed by atoms with Gasteiger partial charge < -0.3 is 4.57 Å². The highest BCUT2D eigenvalue weighted by molar-refractivity contribution is 9.10. The maximum Gasteiger partial charge on any atom is 0.195 e. The zero-order valence-corrected chi connectivity index (χ0v) is 25.6. The van der Waals surface area contributed by atoms with E-state index in [9.17, 15) is 0 Å². The molecule has 0 fully saturated rings. The van der Waals surface area contributed by atoms with Crippen LogP contribution in [0.5, 0.6) is 0 Å². The number of aromatic nitrogens is 4. The number of halogens is 3. The van der Waals surface area contributed by atoms with Gasteiger partial charge in [0.1, 0.15) is 5.82 Å². The molecule has 6 rings (SSSR count). The maximum atomic E-state index is 5.05. The third-order valence-corrected chi connectivity index (χ3v) is 8.28. The van der Waals surface area contributed by atoms with Crippen molar-refractivity contribution in [2.45, 2.75) is 32.2 Å². The second-order valence-corrected chi connectivity index (χ2v) is 11.5. The molecular formula is C28H24Br3N5S. The molecule has 0 spiro atoms. The van der Waals surface area contributed by atoms with E-state index in [0.717, 1.165) is 66.6 Å².